The number of aryl methyl sites for hydroxylation is 1. The third kappa shape index (κ3) is 10.7. The van der Waals surface area contributed by atoms with Gasteiger partial charge >= 0.3 is 51.4 Å². The minimum Gasteiger partial charge on any atom is -0.496 e. The summed E-state index contributed by atoms with van der Waals surface area (Å²) in [6.45, 7) is 9.63. The molecule has 4 nitrogen and oxygen atoms in total. The number of carbonyl (C=O) groups is 1. The van der Waals surface area contributed by atoms with Crippen LogP contribution in [-0.4, -0.2) is 19.8 Å². The van der Waals surface area contributed by atoms with E-state index in [9.17, 15) is 9.59 Å². The molecule has 0 aromatic heterocycles. The number of rotatable bonds is 4. The number of amides is 1. The fourth-order valence-corrected chi connectivity index (χ4v) is 3.41. The van der Waals surface area contributed by atoms with Crippen LogP contribution in [0, 0.1) is 32.1 Å². The van der Waals surface area contributed by atoms with Crippen LogP contribution in [0.2, 0.25) is 0 Å². The first-order valence-electron chi connectivity index (χ1n) is 10.1. The number of halogens is 1. The van der Waals surface area contributed by atoms with Gasteiger partial charge in [-0.1, -0.05) is 38.2 Å². The van der Waals surface area contributed by atoms with Crippen molar-refractivity contribution in [3.8, 4) is 5.75 Å². The smallest absolute Gasteiger partial charge is 0.496 e. The van der Waals surface area contributed by atoms with Crippen molar-refractivity contribution in [2.45, 2.75) is 40.0 Å². The number of benzene rings is 2. The van der Waals surface area contributed by atoms with Gasteiger partial charge in [-0.05, 0) is 24.8 Å². The zero-order valence-corrected chi connectivity index (χ0v) is 23.9. The molecule has 1 N–H and O–H groups in total. The van der Waals surface area contributed by atoms with E-state index in [0.29, 0.717) is 17.5 Å². The molecule has 0 heterocycles. The van der Waals surface area contributed by atoms with Crippen molar-refractivity contribution >= 4 is 34.3 Å². The first kappa shape index (κ1) is 30.4. The van der Waals surface area contributed by atoms with Gasteiger partial charge in [0, 0.05) is 11.8 Å². The summed E-state index contributed by atoms with van der Waals surface area (Å²) in [7, 11) is 1.60. The van der Waals surface area contributed by atoms with Gasteiger partial charge in [0.25, 0.3) is 0 Å². The summed E-state index contributed by atoms with van der Waals surface area (Å²) >= 11 is 3.25. The van der Waals surface area contributed by atoms with Crippen LogP contribution < -0.4 is 61.4 Å². The third-order valence-electron chi connectivity index (χ3n) is 4.87. The van der Waals surface area contributed by atoms with Crippen molar-refractivity contribution in [1.29, 1.82) is 0 Å². The average molecular weight is 513 g/mol. The number of fused-ring (bicyclic) bond motifs is 1. The number of methoxy groups -OCH3 is 1. The van der Waals surface area contributed by atoms with Gasteiger partial charge in [0.15, 0.2) is 0 Å². The van der Waals surface area contributed by atoms with Crippen LogP contribution in [0.3, 0.4) is 0 Å². The summed E-state index contributed by atoms with van der Waals surface area (Å²) in [5.41, 5.74) is 2.99. The Morgan fingerprint density at radius 1 is 1.23 bits per heavy atom. The van der Waals surface area contributed by atoms with Crippen molar-refractivity contribution in [2.24, 2.45) is 11.8 Å². The van der Waals surface area contributed by atoms with Crippen molar-refractivity contribution < 1.29 is 65.7 Å². The van der Waals surface area contributed by atoms with Crippen LogP contribution >= 0.6 is 15.9 Å². The predicted octanol–water partition coefficient (Wildman–Crippen LogP) is 3.31. The first-order valence-corrected chi connectivity index (χ1v) is 10.9. The number of anilines is 1. The molecule has 2 aliphatic carbocycles. The van der Waals surface area contributed by atoms with Gasteiger partial charge in [-0.2, -0.15) is 12.8 Å². The Morgan fingerprint density at radius 2 is 1.87 bits per heavy atom. The molecule has 2 aliphatic rings. The van der Waals surface area contributed by atoms with E-state index >= 15 is 0 Å². The molecule has 6 heteroatoms. The molecule has 2 fully saturated rings. The van der Waals surface area contributed by atoms with Crippen LogP contribution in [-0.2, 0) is 9.59 Å². The summed E-state index contributed by atoms with van der Waals surface area (Å²) < 4.78 is 5.92. The van der Waals surface area contributed by atoms with Crippen LogP contribution in [0.25, 0.3) is 0 Å². The Labute approximate surface area is 238 Å². The molecule has 2 aromatic carbocycles. The van der Waals surface area contributed by atoms with E-state index < -0.39 is 0 Å². The normalized spacial score (nSPS) is 16.8. The molecule has 31 heavy (non-hydrogen) atoms. The monoisotopic (exact) mass is 511 g/mol. The molecule has 4 rings (SSSR count). The van der Waals surface area contributed by atoms with Gasteiger partial charge < -0.3 is 21.3 Å². The second kappa shape index (κ2) is 16.9. The molecule has 0 spiro atoms. The topological polar surface area (TPSA) is 55.4 Å². The minimum absolute atomic E-state index is 0. The molecular weight excluding hydrogens is 481 g/mol. The van der Waals surface area contributed by atoms with Crippen LogP contribution in [0.15, 0.2) is 40.9 Å². The molecule has 2 unspecified atom stereocenters. The second-order valence-corrected chi connectivity index (χ2v) is 7.68. The van der Waals surface area contributed by atoms with Crippen molar-refractivity contribution in [3.63, 3.8) is 0 Å². The van der Waals surface area contributed by atoms with Crippen LogP contribution in [0.5, 0.6) is 5.75 Å². The molecule has 2 saturated carbocycles. The SMILES string of the molecule is CC.COc1cc(NC=O)ccc1C.[CH-]1CC2CC2C1.[CH2-]c1c(Br)cccc1[C-]=O.[K+]. The maximum atomic E-state index is 10.2. The van der Waals surface area contributed by atoms with E-state index in [1.807, 2.05) is 39.0 Å². The van der Waals surface area contributed by atoms with E-state index in [0.717, 1.165) is 33.3 Å². The summed E-state index contributed by atoms with van der Waals surface area (Å²) in [5.74, 6) is 3.09. The molecule has 0 aliphatic heterocycles. The molecule has 1 amide bonds. The molecule has 0 saturated heterocycles. The molecule has 0 radical (unpaired) electrons. The van der Waals surface area contributed by atoms with E-state index in [1.54, 1.807) is 38.0 Å². The number of ether oxygens (including phenoxy) is 1. The van der Waals surface area contributed by atoms with Gasteiger partial charge in [-0.25, -0.2) is 6.07 Å². The third-order valence-corrected chi connectivity index (χ3v) is 5.61. The van der Waals surface area contributed by atoms with Crippen LogP contribution in [0.4, 0.5) is 5.69 Å². The fraction of sp³-hybridized carbons (Fsp3) is 0.360. The zero-order valence-electron chi connectivity index (χ0n) is 19.2. The van der Waals surface area contributed by atoms with E-state index in [4.69, 9.17) is 4.74 Å². The summed E-state index contributed by atoms with van der Waals surface area (Å²) in [6.07, 6.45) is 9.29. The summed E-state index contributed by atoms with van der Waals surface area (Å²) in [6, 6.07) is 10.8. The molecular formula is C25H31BrKNO3-2. The Morgan fingerprint density at radius 3 is 2.29 bits per heavy atom. The number of nitrogens with one attached hydrogen (secondary N) is 1. The maximum absolute atomic E-state index is 10.2. The average Bonchev–Trinajstić information content (AvgIpc) is 3.38. The standard InChI is InChI=1S/C9H11NO2.C8H5BrO.C6H9.C2H6.K/c1-7-3-4-8(10-6-11)5-9(7)12-2;1-6-7(5-10)3-2-4-8(6)9;1-2-5-4-6(5)3-1;1-2;/h3-6H,1-2H3,(H,10,11);2-4H,1H2;1,5-6H,2-4H2;1-2H3;/q;-2;-1;;+1. The van der Waals surface area contributed by atoms with Gasteiger partial charge in [-0.3, -0.25) is 22.8 Å². The van der Waals surface area contributed by atoms with Gasteiger partial charge in [-0.15, -0.1) is 32.5 Å². The van der Waals surface area contributed by atoms with Crippen molar-refractivity contribution in [3.05, 3.63) is 70.9 Å². The van der Waals surface area contributed by atoms with E-state index in [2.05, 4.69) is 34.6 Å². The Balaban J connectivity index is 0.000000427. The maximum Gasteiger partial charge on any atom is 1.00 e. The molecule has 2 aromatic rings. The van der Waals surface area contributed by atoms with Gasteiger partial charge in [0.2, 0.25) is 6.41 Å². The largest absolute Gasteiger partial charge is 1.00 e. The molecule has 164 valence electrons. The Bertz CT molecular complexity index is 805. The zero-order chi connectivity index (χ0) is 22.5. The summed E-state index contributed by atoms with van der Waals surface area (Å²) in [5, 5.41) is 2.55. The Kier molecular flexibility index (Phi) is 16.6. The minimum atomic E-state index is 0. The quantitative estimate of drug-likeness (QED) is 0.389. The molecule has 0 bridgehead atoms. The summed E-state index contributed by atoms with van der Waals surface area (Å²) in [4.78, 5) is 20.3. The predicted molar refractivity (Wildman–Crippen MR) is 127 cm³/mol. The first-order chi connectivity index (χ1) is 14.5. The van der Waals surface area contributed by atoms with Gasteiger partial charge in [0.1, 0.15) is 5.75 Å². The molecule has 2 atom stereocenters. The number of hydrogen-bond donors (Lipinski definition) is 1. The number of carbonyl (C=O) groups excluding carboxylic acids is 2. The van der Waals surface area contributed by atoms with Crippen molar-refractivity contribution in [1.82, 2.24) is 0 Å². The Hall–Kier alpha value is -0.634. The van der Waals surface area contributed by atoms with E-state index in [1.165, 1.54) is 12.8 Å². The fourth-order valence-electron chi connectivity index (χ4n) is 3.04. The van der Waals surface area contributed by atoms with E-state index in [-0.39, 0.29) is 51.4 Å². The van der Waals surface area contributed by atoms with Gasteiger partial charge in [0.05, 0.1) is 7.11 Å². The van der Waals surface area contributed by atoms with Crippen LogP contribution in [0.1, 0.15) is 49.8 Å². The number of hydrogen-bond acceptors (Lipinski definition) is 3. The van der Waals surface area contributed by atoms with Crippen molar-refractivity contribution in [2.75, 3.05) is 12.4 Å². The second-order valence-electron chi connectivity index (χ2n) is 6.83.